The summed E-state index contributed by atoms with van der Waals surface area (Å²) >= 11 is 0. The van der Waals surface area contributed by atoms with Crippen LogP contribution in [0.15, 0.2) is 18.2 Å². The van der Waals surface area contributed by atoms with Crippen LogP contribution in [-0.2, 0) is 12.1 Å². The van der Waals surface area contributed by atoms with Gasteiger partial charge in [0.2, 0.25) is 0 Å². The molecule has 0 saturated heterocycles. The van der Waals surface area contributed by atoms with Crippen molar-refractivity contribution in [3.05, 3.63) is 34.9 Å². The number of halogens is 7. The Balaban J connectivity index is 2.07. The van der Waals surface area contributed by atoms with Gasteiger partial charge < -0.3 is 0 Å². The van der Waals surface area contributed by atoms with Gasteiger partial charge in [0, 0.05) is 5.56 Å². The molecule has 3 rings (SSSR count). The zero-order valence-corrected chi connectivity index (χ0v) is 12.1. The Morgan fingerprint density at radius 2 is 1.48 bits per heavy atom. The standard InChI is InChI=1S/C16H15F7/c17-14(15(18,19)20,16(21,22)23)11-6-7-13-10(8-11)5-4-9-2-1-3-12(9)13/h6-9,12H,1-5H2. The van der Waals surface area contributed by atoms with Gasteiger partial charge in [0.1, 0.15) is 0 Å². The van der Waals surface area contributed by atoms with Crippen molar-refractivity contribution in [3.63, 3.8) is 0 Å². The summed E-state index contributed by atoms with van der Waals surface area (Å²) in [6, 6.07) is 2.68. The molecule has 128 valence electrons. The van der Waals surface area contributed by atoms with Crippen LogP contribution in [0.4, 0.5) is 30.7 Å². The maximum Gasteiger partial charge on any atom is 0.435 e. The summed E-state index contributed by atoms with van der Waals surface area (Å²) in [4.78, 5) is 0. The highest BCUT2D eigenvalue weighted by Gasteiger charge is 2.73. The highest BCUT2D eigenvalue weighted by atomic mass is 19.4. The third kappa shape index (κ3) is 2.43. The molecular weight excluding hydrogens is 325 g/mol. The van der Waals surface area contributed by atoms with Crippen LogP contribution in [0.3, 0.4) is 0 Å². The fraction of sp³-hybridized carbons (Fsp3) is 0.625. The van der Waals surface area contributed by atoms with E-state index in [1.54, 1.807) is 0 Å². The second-order valence-corrected chi connectivity index (χ2v) is 6.40. The molecule has 1 saturated carbocycles. The van der Waals surface area contributed by atoms with Gasteiger partial charge in [0.15, 0.2) is 0 Å². The number of aryl methyl sites for hydroxylation is 1. The van der Waals surface area contributed by atoms with E-state index in [-0.39, 0.29) is 5.92 Å². The van der Waals surface area contributed by atoms with E-state index in [9.17, 15) is 30.7 Å². The molecule has 0 nitrogen and oxygen atoms in total. The lowest BCUT2D eigenvalue weighted by molar-refractivity contribution is -0.348. The molecule has 2 unspecified atom stereocenters. The van der Waals surface area contributed by atoms with Crippen molar-refractivity contribution >= 4 is 0 Å². The van der Waals surface area contributed by atoms with Gasteiger partial charge in [-0.3, -0.25) is 0 Å². The summed E-state index contributed by atoms with van der Waals surface area (Å²) in [5, 5.41) is 0. The van der Waals surface area contributed by atoms with E-state index >= 15 is 0 Å². The predicted molar refractivity (Wildman–Crippen MR) is 69.7 cm³/mol. The van der Waals surface area contributed by atoms with E-state index in [4.69, 9.17) is 0 Å². The molecule has 23 heavy (non-hydrogen) atoms. The number of fused-ring (bicyclic) bond motifs is 3. The molecule has 2 aliphatic rings. The van der Waals surface area contributed by atoms with Crippen LogP contribution in [0.25, 0.3) is 0 Å². The van der Waals surface area contributed by atoms with E-state index in [1.165, 1.54) is 6.07 Å². The zero-order valence-electron chi connectivity index (χ0n) is 12.1. The van der Waals surface area contributed by atoms with Gasteiger partial charge in [-0.25, -0.2) is 4.39 Å². The van der Waals surface area contributed by atoms with E-state index in [0.717, 1.165) is 37.3 Å². The molecule has 1 aromatic carbocycles. The van der Waals surface area contributed by atoms with Gasteiger partial charge in [-0.2, -0.15) is 26.3 Å². The first-order valence-corrected chi connectivity index (χ1v) is 7.51. The Bertz CT molecular complexity index is 585. The van der Waals surface area contributed by atoms with Crippen LogP contribution in [0.5, 0.6) is 0 Å². The molecular formula is C16H15F7. The second kappa shape index (κ2) is 5.11. The van der Waals surface area contributed by atoms with Crippen molar-refractivity contribution in [2.24, 2.45) is 5.92 Å². The average Bonchev–Trinajstić information content (AvgIpc) is 2.92. The molecule has 0 bridgehead atoms. The van der Waals surface area contributed by atoms with Gasteiger partial charge in [-0.15, -0.1) is 0 Å². The molecule has 0 N–H and O–H groups in total. The number of hydrogen-bond donors (Lipinski definition) is 0. The minimum absolute atomic E-state index is 0.179. The second-order valence-electron chi connectivity index (χ2n) is 6.40. The summed E-state index contributed by atoms with van der Waals surface area (Å²) in [6.07, 6.45) is -8.04. The Labute approximate surface area is 128 Å². The molecule has 0 radical (unpaired) electrons. The van der Waals surface area contributed by atoms with Crippen LogP contribution in [0.2, 0.25) is 0 Å². The summed E-state index contributed by atoms with van der Waals surface area (Å²) in [6.45, 7) is 0. The van der Waals surface area contributed by atoms with E-state index in [0.29, 0.717) is 24.0 Å². The molecule has 0 heterocycles. The highest BCUT2D eigenvalue weighted by Crippen LogP contribution is 2.54. The molecule has 0 amide bonds. The van der Waals surface area contributed by atoms with Crippen molar-refractivity contribution in [1.82, 2.24) is 0 Å². The molecule has 1 fully saturated rings. The van der Waals surface area contributed by atoms with E-state index < -0.39 is 23.6 Å². The Morgan fingerprint density at radius 3 is 2.09 bits per heavy atom. The summed E-state index contributed by atoms with van der Waals surface area (Å²) in [5.41, 5.74) is -5.50. The predicted octanol–water partition coefficient (Wildman–Crippen LogP) is 5.81. The number of alkyl halides is 7. The molecule has 0 aromatic heterocycles. The lowest BCUT2D eigenvalue weighted by atomic mass is 9.75. The maximum absolute atomic E-state index is 14.1. The Kier molecular flexibility index (Phi) is 3.69. The van der Waals surface area contributed by atoms with Crippen molar-refractivity contribution in [2.75, 3.05) is 0 Å². The molecule has 0 aliphatic heterocycles. The Hall–Kier alpha value is -1.27. The summed E-state index contributed by atoms with van der Waals surface area (Å²) in [5.74, 6) is 0.618. The lowest BCUT2D eigenvalue weighted by Crippen LogP contribution is -2.50. The van der Waals surface area contributed by atoms with Crippen LogP contribution < -0.4 is 0 Å². The minimum Gasteiger partial charge on any atom is -0.218 e. The zero-order chi connectivity index (χ0) is 17.0. The van der Waals surface area contributed by atoms with Crippen LogP contribution >= 0.6 is 0 Å². The topological polar surface area (TPSA) is 0 Å². The van der Waals surface area contributed by atoms with Crippen molar-refractivity contribution in [2.45, 2.75) is 56.0 Å². The molecule has 7 heteroatoms. The van der Waals surface area contributed by atoms with Gasteiger partial charge in [0.25, 0.3) is 0 Å². The summed E-state index contributed by atoms with van der Waals surface area (Å²) in [7, 11) is 0. The van der Waals surface area contributed by atoms with Crippen LogP contribution in [0, 0.1) is 5.92 Å². The fourth-order valence-corrected chi connectivity index (χ4v) is 4.02. The normalized spacial score (nSPS) is 25.2. The van der Waals surface area contributed by atoms with E-state index in [1.807, 2.05) is 0 Å². The van der Waals surface area contributed by atoms with Gasteiger partial charge in [-0.05, 0) is 48.6 Å². The third-order valence-electron chi connectivity index (χ3n) is 5.17. The first-order chi connectivity index (χ1) is 10.6. The van der Waals surface area contributed by atoms with Crippen molar-refractivity contribution in [1.29, 1.82) is 0 Å². The van der Waals surface area contributed by atoms with E-state index in [2.05, 4.69) is 0 Å². The fourth-order valence-electron chi connectivity index (χ4n) is 4.02. The quantitative estimate of drug-likeness (QED) is 0.566. The largest absolute Gasteiger partial charge is 0.435 e. The number of benzene rings is 1. The molecule has 2 aliphatic carbocycles. The number of rotatable bonds is 1. The third-order valence-corrected chi connectivity index (χ3v) is 5.17. The summed E-state index contributed by atoms with van der Waals surface area (Å²) < 4.78 is 91.2. The molecule has 2 atom stereocenters. The first kappa shape index (κ1) is 16.6. The molecule has 0 spiro atoms. The maximum atomic E-state index is 14.1. The van der Waals surface area contributed by atoms with Gasteiger partial charge >= 0.3 is 18.0 Å². The molecule has 1 aromatic rings. The SMILES string of the molecule is FC(F)(F)C(F)(c1ccc2c(c1)CCC1CCCC21)C(F)(F)F. The van der Waals surface area contributed by atoms with Crippen LogP contribution in [-0.4, -0.2) is 12.4 Å². The van der Waals surface area contributed by atoms with Crippen molar-refractivity contribution in [3.8, 4) is 0 Å². The van der Waals surface area contributed by atoms with Gasteiger partial charge in [-0.1, -0.05) is 24.6 Å². The van der Waals surface area contributed by atoms with Crippen molar-refractivity contribution < 1.29 is 30.7 Å². The monoisotopic (exact) mass is 340 g/mol. The minimum atomic E-state index is -6.05. The lowest BCUT2D eigenvalue weighted by Gasteiger charge is -2.33. The number of hydrogen-bond acceptors (Lipinski definition) is 0. The first-order valence-electron chi connectivity index (χ1n) is 7.51. The Morgan fingerprint density at radius 1 is 0.826 bits per heavy atom. The highest BCUT2D eigenvalue weighted by molar-refractivity contribution is 5.41. The van der Waals surface area contributed by atoms with Gasteiger partial charge in [0.05, 0.1) is 0 Å². The average molecular weight is 340 g/mol. The van der Waals surface area contributed by atoms with Crippen LogP contribution in [0.1, 0.15) is 48.3 Å². The smallest absolute Gasteiger partial charge is 0.218 e.